The number of rotatable bonds is 6. The molecule has 0 N–H and O–H groups in total. The van der Waals surface area contributed by atoms with E-state index in [1.54, 1.807) is 48.8 Å². The first kappa shape index (κ1) is 25.9. The van der Waals surface area contributed by atoms with Crippen LogP contribution in [0.1, 0.15) is 36.8 Å². The fraction of sp³-hybridized carbons (Fsp3) is 0.200. The van der Waals surface area contributed by atoms with E-state index in [2.05, 4.69) is 11.1 Å². The lowest BCUT2D eigenvalue weighted by molar-refractivity contribution is -0.139. The molecule has 1 atom stereocenters. The number of anilines is 1. The second-order valence-corrected chi connectivity index (χ2v) is 10.2. The van der Waals surface area contributed by atoms with Gasteiger partial charge in [0, 0.05) is 31.4 Å². The maximum absolute atomic E-state index is 13.8. The number of aromatic nitrogens is 1. The van der Waals surface area contributed by atoms with Crippen LogP contribution in [0.15, 0.2) is 86.1 Å². The van der Waals surface area contributed by atoms with Gasteiger partial charge in [0.1, 0.15) is 11.5 Å². The summed E-state index contributed by atoms with van der Waals surface area (Å²) in [5.74, 6) is 0.503. The van der Waals surface area contributed by atoms with Gasteiger partial charge in [-0.2, -0.15) is 5.26 Å². The average molecular weight is 539 g/mol. The van der Waals surface area contributed by atoms with Crippen LogP contribution in [0, 0.1) is 11.3 Å². The average Bonchev–Trinajstić information content (AvgIpc) is 3.52. The predicted molar refractivity (Wildman–Crippen MR) is 150 cm³/mol. The van der Waals surface area contributed by atoms with Gasteiger partial charge in [-0.25, -0.2) is 9.79 Å². The van der Waals surface area contributed by atoms with E-state index in [4.69, 9.17) is 9.15 Å². The molecule has 0 saturated heterocycles. The Morgan fingerprint density at radius 3 is 2.62 bits per heavy atom. The van der Waals surface area contributed by atoms with Gasteiger partial charge >= 0.3 is 5.97 Å². The van der Waals surface area contributed by atoms with Crippen LogP contribution < -0.4 is 19.8 Å². The third-order valence-corrected chi connectivity index (χ3v) is 7.44. The molecule has 4 aromatic rings. The Morgan fingerprint density at radius 1 is 1.18 bits per heavy atom. The maximum Gasteiger partial charge on any atom is 0.338 e. The van der Waals surface area contributed by atoms with Gasteiger partial charge in [-0.1, -0.05) is 35.6 Å². The zero-order valence-electron chi connectivity index (χ0n) is 22.0. The van der Waals surface area contributed by atoms with E-state index < -0.39 is 12.0 Å². The molecule has 0 spiro atoms. The Hall–Kier alpha value is -4.68. The van der Waals surface area contributed by atoms with Crippen LogP contribution in [0.5, 0.6) is 0 Å². The number of nitriles is 1. The Balaban J connectivity index is 1.64. The highest BCUT2D eigenvalue weighted by molar-refractivity contribution is 7.07. The second kappa shape index (κ2) is 10.6. The summed E-state index contributed by atoms with van der Waals surface area (Å²) in [4.78, 5) is 34.0. The largest absolute Gasteiger partial charge is 0.463 e. The summed E-state index contributed by atoms with van der Waals surface area (Å²) in [5.41, 5.74) is 3.51. The fourth-order valence-corrected chi connectivity index (χ4v) is 5.59. The van der Waals surface area contributed by atoms with Crippen molar-refractivity contribution in [3.63, 3.8) is 0 Å². The Labute approximate surface area is 229 Å². The summed E-state index contributed by atoms with van der Waals surface area (Å²) in [6.07, 6.45) is 1.66. The lowest BCUT2D eigenvalue weighted by Gasteiger charge is -2.25. The molecule has 8 nitrogen and oxygen atoms in total. The van der Waals surface area contributed by atoms with Gasteiger partial charge < -0.3 is 14.1 Å². The van der Waals surface area contributed by atoms with Crippen LogP contribution in [0.2, 0.25) is 0 Å². The fourth-order valence-electron chi connectivity index (χ4n) is 4.56. The minimum absolute atomic E-state index is 0.210. The van der Waals surface area contributed by atoms with Crippen molar-refractivity contribution >= 4 is 29.1 Å². The molecule has 39 heavy (non-hydrogen) atoms. The lowest BCUT2D eigenvalue weighted by Crippen LogP contribution is -2.39. The number of thiazole rings is 1. The van der Waals surface area contributed by atoms with E-state index in [0.29, 0.717) is 43.3 Å². The normalized spacial score (nSPS) is 14.9. The molecule has 0 aliphatic carbocycles. The highest BCUT2D eigenvalue weighted by Crippen LogP contribution is 2.32. The number of allylic oxidation sites excluding steroid dienone is 1. The molecular weight excluding hydrogens is 512 g/mol. The van der Waals surface area contributed by atoms with E-state index in [1.165, 1.54) is 11.3 Å². The van der Waals surface area contributed by atoms with E-state index in [9.17, 15) is 14.9 Å². The van der Waals surface area contributed by atoms with Gasteiger partial charge in [-0.3, -0.25) is 9.36 Å². The molecule has 0 saturated carbocycles. The monoisotopic (exact) mass is 538 g/mol. The molecule has 0 fully saturated rings. The molecule has 0 radical (unpaired) electrons. The minimum Gasteiger partial charge on any atom is -0.463 e. The third kappa shape index (κ3) is 4.82. The smallest absolute Gasteiger partial charge is 0.338 e. The number of benzene rings is 2. The molecular formula is C30H26N4O4S. The van der Waals surface area contributed by atoms with E-state index >= 15 is 0 Å². The maximum atomic E-state index is 13.8. The van der Waals surface area contributed by atoms with Gasteiger partial charge in [-0.05, 0) is 55.8 Å². The molecule has 0 amide bonds. The second-order valence-electron chi connectivity index (χ2n) is 9.15. The van der Waals surface area contributed by atoms with Gasteiger partial charge in [-0.15, -0.1) is 0 Å². The molecule has 2 aromatic carbocycles. The summed E-state index contributed by atoms with van der Waals surface area (Å²) in [7, 11) is 3.90. The third-order valence-electron chi connectivity index (χ3n) is 6.46. The SMILES string of the molecule is CCOC(=O)C1=C(C)N=c2sc(=Cc3ccc(-c4ccccc4C#N)o3)c(=O)n2C1c1ccc(N(C)C)cc1. The number of hydrogen-bond donors (Lipinski definition) is 0. The number of hydrogen-bond acceptors (Lipinski definition) is 8. The molecule has 9 heteroatoms. The number of fused-ring (bicyclic) bond motifs is 1. The molecule has 196 valence electrons. The number of ether oxygens (including phenoxy) is 1. The standard InChI is InChI=1S/C30H26N4O4S/c1-5-37-29(36)26-18(2)32-30-34(27(26)19-10-12-21(13-11-19)33(3)4)28(35)25(39-30)16-22-14-15-24(38-22)23-9-7-6-8-20(23)17-31/h6-16,27H,5H2,1-4H3. The highest BCUT2D eigenvalue weighted by atomic mass is 32.1. The lowest BCUT2D eigenvalue weighted by atomic mass is 9.95. The van der Waals surface area contributed by atoms with Crippen LogP contribution in [-0.4, -0.2) is 31.2 Å². The molecule has 5 rings (SSSR count). The molecule has 1 aliphatic rings. The number of nitrogens with zero attached hydrogens (tertiary/aromatic N) is 4. The van der Waals surface area contributed by atoms with Crippen molar-refractivity contribution in [3.05, 3.63) is 109 Å². The van der Waals surface area contributed by atoms with Crippen LogP contribution in [0.4, 0.5) is 5.69 Å². The van der Waals surface area contributed by atoms with E-state index in [0.717, 1.165) is 11.3 Å². The van der Waals surface area contributed by atoms with Gasteiger partial charge in [0.25, 0.3) is 5.56 Å². The van der Waals surface area contributed by atoms with Crippen molar-refractivity contribution in [1.82, 2.24) is 4.57 Å². The van der Waals surface area contributed by atoms with Gasteiger partial charge in [0.2, 0.25) is 0 Å². The first-order chi connectivity index (χ1) is 18.8. The summed E-state index contributed by atoms with van der Waals surface area (Å²) in [5, 5.41) is 9.44. The van der Waals surface area contributed by atoms with Crippen molar-refractivity contribution in [2.75, 3.05) is 25.6 Å². The van der Waals surface area contributed by atoms with Crippen molar-refractivity contribution in [2.45, 2.75) is 19.9 Å². The number of carbonyl (C=O) groups is 1. The van der Waals surface area contributed by atoms with Crippen molar-refractivity contribution in [2.24, 2.45) is 4.99 Å². The summed E-state index contributed by atoms with van der Waals surface area (Å²) >= 11 is 1.23. The quantitative estimate of drug-likeness (QED) is 0.344. The molecule has 1 aliphatic heterocycles. The van der Waals surface area contributed by atoms with Gasteiger partial charge in [0.15, 0.2) is 4.80 Å². The summed E-state index contributed by atoms with van der Waals surface area (Å²) < 4.78 is 13.3. The van der Waals surface area contributed by atoms with Crippen molar-refractivity contribution < 1.29 is 13.9 Å². The molecule has 1 unspecified atom stereocenters. The zero-order chi connectivity index (χ0) is 27.7. The number of carbonyl (C=O) groups excluding carboxylic acids is 1. The zero-order valence-corrected chi connectivity index (χ0v) is 22.8. The highest BCUT2D eigenvalue weighted by Gasteiger charge is 2.33. The van der Waals surface area contributed by atoms with Crippen LogP contribution >= 0.6 is 11.3 Å². The summed E-state index contributed by atoms with van der Waals surface area (Å²) in [6.45, 7) is 3.72. The summed E-state index contributed by atoms with van der Waals surface area (Å²) in [6, 6.07) is 19.9. The molecule has 2 aromatic heterocycles. The topological polar surface area (TPSA) is 101 Å². The van der Waals surface area contributed by atoms with Crippen LogP contribution in [0.25, 0.3) is 17.4 Å². The minimum atomic E-state index is -0.687. The molecule has 3 heterocycles. The van der Waals surface area contributed by atoms with Crippen molar-refractivity contribution in [1.29, 1.82) is 5.26 Å². The Kier molecular flexibility index (Phi) is 7.05. The van der Waals surface area contributed by atoms with Gasteiger partial charge in [0.05, 0.1) is 40.1 Å². The molecule has 0 bridgehead atoms. The van der Waals surface area contributed by atoms with E-state index in [1.807, 2.05) is 55.4 Å². The Morgan fingerprint density at radius 2 is 1.92 bits per heavy atom. The van der Waals surface area contributed by atoms with Crippen LogP contribution in [-0.2, 0) is 9.53 Å². The first-order valence-electron chi connectivity index (χ1n) is 12.4. The first-order valence-corrected chi connectivity index (χ1v) is 13.2. The predicted octanol–water partition coefficient (Wildman–Crippen LogP) is 4.00. The van der Waals surface area contributed by atoms with E-state index in [-0.39, 0.29) is 12.2 Å². The van der Waals surface area contributed by atoms with Crippen molar-refractivity contribution in [3.8, 4) is 17.4 Å². The number of esters is 1. The Bertz CT molecular complexity index is 1820. The van der Waals surface area contributed by atoms with Crippen LogP contribution in [0.3, 0.4) is 0 Å². The number of furan rings is 1.